The molecule has 0 spiro atoms. The Kier molecular flexibility index (Phi) is 4.67. The molecule has 1 aromatic rings. The minimum Gasteiger partial charge on any atom is -0.493 e. The lowest BCUT2D eigenvalue weighted by atomic mass is 10.0. The molecule has 0 N–H and O–H groups in total. The van der Waals surface area contributed by atoms with Crippen LogP contribution in [0.2, 0.25) is 0 Å². The van der Waals surface area contributed by atoms with Crippen molar-refractivity contribution in [2.24, 2.45) is 0 Å². The number of carbonyl (C=O) groups excluding carboxylic acids is 2. The summed E-state index contributed by atoms with van der Waals surface area (Å²) in [4.78, 5) is 25.6. The maximum Gasteiger partial charge on any atom is 0.328 e. The lowest BCUT2D eigenvalue weighted by Gasteiger charge is -2.33. The first-order valence-corrected chi connectivity index (χ1v) is 6.74. The minimum atomic E-state index is -0.589. The third-order valence-corrected chi connectivity index (χ3v) is 3.57. The number of carbonyl (C=O) groups is 2. The Morgan fingerprint density at radius 2 is 1.90 bits per heavy atom. The van der Waals surface area contributed by atoms with Gasteiger partial charge in [-0.05, 0) is 25.0 Å². The van der Waals surface area contributed by atoms with Crippen molar-refractivity contribution in [1.29, 1.82) is 0 Å². The lowest BCUT2D eigenvalue weighted by molar-refractivity contribution is -0.144. The fraction of sp³-hybridized carbons (Fsp3) is 0.467. The average molecular weight is 293 g/mol. The molecule has 6 heteroatoms. The molecule has 21 heavy (non-hydrogen) atoms. The van der Waals surface area contributed by atoms with E-state index in [0.717, 1.165) is 0 Å². The Bertz CT molecular complexity index is 543. The summed E-state index contributed by atoms with van der Waals surface area (Å²) in [5.74, 6) is 0.582. The van der Waals surface area contributed by atoms with E-state index in [-0.39, 0.29) is 5.91 Å². The summed E-state index contributed by atoms with van der Waals surface area (Å²) in [6, 6.07) is 4.55. The molecular weight excluding hydrogens is 274 g/mol. The van der Waals surface area contributed by atoms with Crippen molar-refractivity contribution < 1.29 is 23.8 Å². The van der Waals surface area contributed by atoms with Crippen molar-refractivity contribution in [1.82, 2.24) is 0 Å². The van der Waals surface area contributed by atoms with Crippen LogP contribution in [-0.2, 0) is 14.3 Å². The predicted molar refractivity (Wildman–Crippen MR) is 76.7 cm³/mol. The molecule has 1 amide bonds. The number of anilines is 1. The minimum absolute atomic E-state index is 0.0936. The highest BCUT2D eigenvalue weighted by Gasteiger charge is 2.35. The van der Waals surface area contributed by atoms with Gasteiger partial charge in [-0.25, -0.2) is 4.79 Å². The van der Waals surface area contributed by atoms with E-state index in [2.05, 4.69) is 0 Å². The number of benzene rings is 1. The SMILES string of the molecule is COC(=O)C1CCCC(=O)N1c1ccc(OC)c(OC)c1. The quantitative estimate of drug-likeness (QED) is 0.791. The van der Waals surface area contributed by atoms with Gasteiger partial charge in [0.2, 0.25) is 5.91 Å². The van der Waals surface area contributed by atoms with E-state index >= 15 is 0 Å². The summed E-state index contributed by atoms with van der Waals surface area (Å²) in [5, 5.41) is 0. The molecular formula is C15H19NO5. The van der Waals surface area contributed by atoms with Gasteiger partial charge < -0.3 is 14.2 Å². The van der Waals surface area contributed by atoms with Crippen molar-refractivity contribution in [3.63, 3.8) is 0 Å². The van der Waals surface area contributed by atoms with E-state index < -0.39 is 12.0 Å². The molecule has 1 heterocycles. The smallest absolute Gasteiger partial charge is 0.328 e. The van der Waals surface area contributed by atoms with Gasteiger partial charge in [-0.3, -0.25) is 9.69 Å². The Balaban J connectivity index is 2.40. The molecule has 0 bridgehead atoms. The molecule has 1 aromatic carbocycles. The van der Waals surface area contributed by atoms with Crippen LogP contribution in [0.5, 0.6) is 11.5 Å². The van der Waals surface area contributed by atoms with Crippen molar-refractivity contribution in [3.05, 3.63) is 18.2 Å². The molecule has 0 radical (unpaired) electrons. The molecule has 1 unspecified atom stereocenters. The second-order valence-electron chi connectivity index (χ2n) is 4.73. The lowest BCUT2D eigenvalue weighted by Crippen LogP contribution is -2.48. The Labute approximate surface area is 123 Å². The molecule has 2 rings (SSSR count). The monoisotopic (exact) mass is 293 g/mol. The molecule has 1 aliphatic heterocycles. The molecule has 1 saturated heterocycles. The normalized spacial score (nSPS) is 18.3. The maximum absolute atomic E-state index is 12.2. The van der Waals surface area contributed by atoms with E-state index in [1.54, 1.807) is 25.3 Å². The van der Waals surface area contributed by atoms with Gasteiger partial charge in [-0.15, -0.1) is 0 Å². The van der Waals surface area contributed by atoms with Crippen LogP contribution in [-0.4, -0.2) is 39.2 Å². The second kappa shape index (κ2) is 6.47. The van der Waals surface area contributed by atoms with Crippen LogP contribution in [0.25, 0.3) is 0 Å². The first kappa shape index (κ1) is 15.2. The van der Waals surface area contributed by atoms with Crippen LogP contribution in [0.1, 0.15) is 19.3 Å². The third kappa shape index (κ3) is 2.94. The van der Waals surface area contributed by atoms with Crippen molar-refractivity contribution >= 4 is 17.6 Å². The summed E-state index contributed by atoms with van der Waals surface area (Å²) in [6.45, 7) is 0. The maximum atomic E-state index is 12.2. The number of hydrogen-bond acceptors (Lipinski definition) is 5. The van der Waals surface area contributed by atoms with Crippen LogP contribution in [0.4, 0.5) is 5.69 Å². The number of ether oxygens (including phenoxy) is 3. The first-order valence-electron chi connectivity index (χ1n) is 6.74. The highest BCUT2D eigenvalue weighted by molar-refractivity contribution is 6.00. The number of methoxy groups -OCH3 is 3. The molecule has 1 atom stereocenters. The number of nitrogens with zero attached hydrogens (tertiary/aromatic N) is 1. The molecule has 0 aliphatic carbocycles. The van der Waals surface area contributed by atoms with Gasteiger partial charge in [0.25, 0.3) is 0 Å². The van der Waals surface area contributed by atoms with Gasteiger partial charge in [0.15, 0.2) is 11.5 Å². The van der Waals surface area contributed by atoms with Gasteiger partial charge in [0, 0.05) is 18.2 Å². The summed E-state index contributed by atoms with van der Waals surface area (Å²) in [7, 11) is 4.40. The highest BCUT2D eigenvalue weighted by atomic mass is 16.5. The number of hydrogen-bond donors (Lipinski definition) is 0. The largest absolute Gasteiger partial charge is 0.493 e. The zero-order chi connectivity index (χ0) is 15.4. The standard InChI is InChI=1S/C15H19NO5/c1-19-12-8-7-10(9-13(12)20-2)16-11(15(18)21-3)5-4-6-14(16)17/h7-9,11H,4-6H2,1-3H3. The van der Waals surface area contributed by atoms with Gasteiger partial charge in [-0.1, -0.05) is 0 Å². The Hall–Kier alpha value is -2.24. The molecule has 1 aliphatic rings. The van der Waals surface area contributed by atoms with Crippen LogP contribution in [0.3, 0.4) is 0 Å². The van der Waals surface area contributed by atoms with E-state index in [0.29, 0.717) is 36.4 Å². The van der Waals surface area contributed by atoms with Crippen LogP contribution >= 0.6 is 0 Å². The third-order valence-electron chi connectivity index (χ3n) is 3.57. The van der Waals surface area contributed by atoms with E-state index in [4.69, 9.17) is 14.2 Å². The highest BCUT2D eigenvalue weighted by Crippen LogP contribution is 2.34. The average Bonchev–Trinajstić information content (AvgIpc) is 2.53. The molecule has 6 nitrogen and oxygen atoms in total. The first-order chi connectivity index (χ1) is 10.1. The molecule has 1 fully saturated rings. The molecule has 0 saturated carbocycles. The Morgan fingerprint density at radius 3 is 2.52 bits per heavy atom. The fourth-order valence-corrected chi connectivity index (χ4v) is 2.53. The molecule has 0 aromatic heterocycles. The van der Waals surface area contributed by atoms with Crippen molar-refractivity contribution in [2.45, 2.75) is 25.3 Å². The fourth-order valence-electron chi connectivity index (χ4n) is 2.53. The van der Waals surface area contributed by atoms with E-state index in [1.807, 2.05) is 0 Å². The van der Waals surface area contributed by atoms with E-state index in [1.165, 1.54) is 19.1 Å². The zero-order valence-corrected chi connectivity index (χ0v) is 12.4. The van der Waals surface area contributed by atoms with Crippen LogP contribution in [0.15, 0.2) is 18.2 Å². The summed E-state index contributed by atoms with van der Waals surface area (Å²) >= 11 is 0. The summed E-state index contributed by atoms with van der Waals surface area (Å²) in [5.41, 5.74) is 0.604. The van der Waals surface area contributed by atoms with Gasteiger partial charge >= 0.3 is 5.97 Å². The molecule has 114 valence electrons. The van der Waals surface area contributed by atoms with Crippen molar-refractivity contribution in [2.75, 3.05) is 26.2 Å². The Morgan fingerprint density at radius 1 is 1.19 bits per heavy atom. The summed E-state index contributed by atoms with van der Waals surface area (Å²) in [6.07, 6.45) is 1.69. The number of piperidine rings is 1. The predicted octanol–water partition coefficient (Wildman–Crippen LogP) is 1.76. The topological polar surface area (TPSA) is 65.1 Å². The van der Waals surface area contributed by atoms with Crippen LogP contribution in [0, 0.1) is 0 Å². The van der Waals surface area contributed by atoms with Crippen molar-refractivity contribution in [3.8, 4) is 11.5 Å². The zero-order valence-electron chi connectivity index (χ0n) is 12.4. The van der Waals surface area contributed by atoms with Gasteiger partial charge in [0.1, 0.15) is 6.04 Å². The van der Waals surface area contributed by atoms with Gasteiger partial charge in [-0.2, -0.15) is 0 Å². The number of esters is 1. The van der Waals surface area contributed by atoms with E-state index in [9.17, 15) is 9.59 Å². The number of rotatable bonds is 4. The van der Waals surface area contributed by atoms with Gasteiger partial charge in [0.05, 0.1) is 21.3 Å². The second-order valence-corrected chi connectivity index (χ2v) is 4.73. The summed E-state index contributed by atoms with van der Waals surface area (Å²) < 4.78 is 15.2. The number of amides is 1. The van der Waals surface area contributed by atoms with Crippen LogP contribution < -0.4 is 14.4 Å².